The minimum Gasteiger partial charge on any atom is -0.463 e. The van der Waals surface area contributed by atoms with E-state index >= 15 is 0 Å². The molecular formula is C10H9F3N2O. The molecular weight excluding hydrogens is 221 g/mol. The van der Waals surface area contributed by atoms with Gasteiger partial charge in [-0.05, 0) is 11.6 Å². The predicted molar refractivity (Wildman–Crippen MR) is 51.8 cm³/mol. The van der Waals surface area contributed by atoms with Gasteiger partial charge in [-0.3, -0.25) is 0 Å². The molecule has 0 spiro atoms. The summed E-state index contributed by atoms with van der Waals surface area (Å²) < 4.78 is 42.9. The van der Waals surface area contributed by atoms with E-state index in [1.807, 2.05) is 0 Å². The molecule has 0 aliphatic carbocycles. The Labute approximate surface area is 89.7 Å². The van der Waals surface area contributed by atoms with E-state index in [-0.39, 0.29) is 18.2 Å². The molecule has 0 aromatic heterocycles. The third kappa shape index (κ3) is 1.95. The normalized spacial score (nSPS) is 20.4. The summed E-state index contributed by atoms with van der Waals surface area (Å²) in [7, 11) is 0. The Morgan fingerprint density at radius 2 is 2.00 bits per heavy atom. The smallest absolute Gasteiger partial charge is 0.416 e. The van der Waals surface area contributed by atoms with E-state index < -0.39 is 17.8 Å². The number of halogens is 3. The molecule has 2 N–H and O–H groups in total. The van der Waals surface area contributed by atoms with Crippen LogP contribution in [-0.4, -0.2) is 12.6 Å². The summed E-state index contributed by atoms with van der Waals surface area (Å²) in [5.74, 6) is 0. The van der Waals surface area contributed by atoms with Gasteiger partial charge in [-0.1, -0.05) is 18.2 Å². The minimum atomic E-state index is -4.39. The van der Waals surface area contributed by atoms with Gasteiger partial charge in [0.15, 0.2) is 0 Å². The van der Waals surface area contributed by atoms with Gasteiger partial charge in [0.05, 0.1) is 5.56 Å². The van der Waals surface area contributed by atoms with Crippen LogP contribution in [0, 0.1) is 0 Å². The van der Waals surface area contributed by atoms with Crippen LogP contribution in [0.1, 0.15) is 17.2 Å². The Balaban J connectivity index is 2.41. The standard InChI is InChI=1S/C10H9F3N2O/c11-10(12,13)7-4-2-1-3-6(7)8-5-16-9(14)15-8/h1-4,8H,5H2,(H2,14,15)/t8-/m0/s1. The molecule has 2 rings (SSSR count). The summed E-state index contributed by atoms with van der Waals surface area (Å²) in [4.78, 5) is 3.81. The van der Waals surface area contributed by atoms with Crippen molar-refractivity contribution in [2.24, 2.45) is 10.7 Å². The fourth-order valence-electron chi connectivity index (χ4n) is 1.60. The van der Waals surface area contributed by atoms with Crippen LogP contribution in [0.2, 0.25) is 0 Å². The molecule has 0 radical (unpaired) electrons. The average molecular weight is 230 g/mol. The third-order valence-corrected chi connectivity index (χ3v) is 2.30. The van der Waals surface area contributed by atoms with Gasteiger partial charge in [0.25, 0.3) is 6.02 Å². The van der Waals surface area contributed by atoms with Crippen molar-refractivity contribution in [2.45, 2.75) is 12.2 Å². The van der Waals surface area contributed by atoms with Gasteiger partial charge >= 0.3 is 6.18 Å². The number of ether oxygens (including phenoxy) is 1. The molecule has 0 bridgehead atoms. The van der Waals surface area contributed by atoms with Crippen LogP contribution in [0.15, 0.2) is 29.3 Å². The Morgan fingerprint density at radius 3 is 2.56 bits per heavy atom. The van der Waals surface area contributed by atoms with Gasteiger partial charge in [-0.2, -0.15) is 13.2 Å². The maximum absolute atomic E-state index is 12.7. The highest BCUT2D eigenvalue weighted by molar-refractivity contribution is 5.73. The third-order valence-electron chi connectivity index (χ3n) is 2.30. The number of nitrogens with zero attached hydrogens (tertiary/aromatic N) is 1. The maximum atomic E-state index is 12.7. The lowest BCUT2D eigenvalue weighted by molar-refractivity contribution is -0.138. The molecule has 0 amide bonds. The van der Waals surface area contributed by atoms with Crippen molar-refractivity contribution in [3.8, 4) is 0 Å². The number of alkyl halides is 3. The van der Waals surface area contributed by atoms with Crippen LogP contribution in [-0.2, 0) is 10.9 Å². The van der Waals surface area contributed by atoms with Crippen LogP contribution in [0.4, 0.5) is 13.2 Å². The summed E-state index contributed by atoms with van der Waals surface area (Å²) in [6, 6.07) is 4.56. The molecule has 0 unspecified atom stereocenters. The molecule has 16 heavy (non-hydrogen) atoms. The number of aliphatic imine (C=N–C) groups is 1. The van der Waals surface area contributed by atoms with Gasteiger partial charge in [-0.25, -0.2) is 4.99 Å². The summed E-state index contributed by atoms with van der Waals surface area (Å²) >= 11 is 0. The van der Waals surface area contributed by atoms with Crippen molar-refractivity contribution in [2.75, 3.05) is 6.61 Å². The number of benzene rings is 1. The molecule has 0 saturated heterocycles. The molecule has 0 fully saturated rings. The topological polar surface area (TPSA) is 47.6 Å². The zero-order valence-electron chi connectivity index (χ0n) is 8.16. The fourth-order valence-corrected chi connectivity index (χ4v) is 1.60. The van der Waals surface area contributed by atoms with Gasteiger partial charge < -0.3 is 10.5 Å². The zero-order valence-corrected chi connectivity index (χ0v) is 8.16. The van der Waals surface area contributed by atoms with Gasteiger partial charge in [0.2, 0.25) is 0 Å². The molecule has 1 aromatic rings. The minimum absolute atomic E-state index is 0.0545. The van der Waals surface area contributed by atoms with Crippen molar-refractivity contribution in [3.63, 3.8) is 0 Å². The van der Waals surface area contributed by atoms with Crippen LogP contribution in [0.3, 0.4) is 0 Å². The number of nitrogens with two attached hydrogens (primary N) is 1. The molecule has 1 heterocycles. The molecule has 3 nitrogen and oxygen atoms in total. The van der Waals surface area contributed by atoms with Gasteiger partial charge in [0, 0.05) is 0 Å². The van der Waals surface area contributed by atoms with E-state index in [1.54, 1.807) is 0 Å². The molecule has 1 aromatic carbocycles. The Kier molecular flexibility index (Phi) is 2.49. The molecule has 1 aliphatic rings. The lowest BCUT2D eigenvalue weighted by atomic mass is 10.0. The summed E-state index contributed by atoms with van der Waals surface area (Å²) in [5, 5.41) is 0. The Morgan fingerprint density at radius 1 is 1.31 bits per heavy atom. The van der Waals surface area contributed by atoms with E-state index in [1.165, 1.54) is 18.2 Å². The first-order valence-corrected chi connectivity index (χ1v) is 4.60. The van der Waals surface area contributed by atoms with Crippen molar-refractivity contribution in [1.29, 1.82) is 0 Å². The second kappa shape index (κ2) is 3.70. The van der Waals surface area contributed by atoms with Crippen LogP contribution >= 0.6 is 0 Å². The van der Waals surface area contributed by atoms with Gasteiger partial charge in [0.1, 0.15) is 12.6 Å². The fraction of sp³-hybridized carbons (Fsp3) is 0.300. The zero-order chi connectivity index (χ0) is 11.8. The number of hydrogen-bond acceptors (Lipinski definition) is 3. The van der Waals surface area contributed by atoms with Crippen LogP contribution in [0.25, 0.3) is 0 Å². The van der Waals surface area contributed by atoms with E-state index in [4.69, 9.17) is 10.5 Å². The average Bonchev–Trinajstić information content (AvgIpc) is 2.64. The van der Waals surface area contributed by atoms with Gasteiger partial charge in [-0.15, -0.1) is 0 Å². The quantitative estimate of drug-likeness (QED) is 0.803. The predicted octanol–water partition coefficient (Wildman–Crippen LogP) is 2.09. The molecule has 1 atom stereocenters. The first kappa shape index (κ1) is 10.8. The van der Waals surface area contributed by atoms with Crippen LogP contribution in [0.5, 0.6) is 0 Å². The van der Waals surface area contributed by atoms with Crippen molar-refractivity contribution in [1.82, 2.24) is 0 Å². The molecule has 6 heteroatoms. The number of amidine groups is 1. The summed E-state index contributed by atoms with van der Waals surface area (Å²) in [5.41, 5.74) is 4.67. The molecule has 0 saturated carbocycles. The van der Waals surface area contributed by atoms with Crippen molar-refractivity contribution >= 4 is 6.02 Å². The number of hydrogen-bond donors (Lipinski definition) is 1. The van der Waals surface area contributed by atoms with Crippen LogP contribution < -0.4 is 5.73 Å². The largest absolute Gasteiger partial charge is 0.463 e. The second-order valence-electron chi connectivity index (χ2n) is 3.38. The first-order chi connectivity index (χ1) is 7.48. The van der Waals surface area contributed by atoms with E-state index in [0.29, 0.717) is 0 Å². The van der Waals surface area contributed by atoms with E-state index in [9.17, 15) is 13.2 Å². The van der Waals surface area contributed by atoms with E-state index in [2.05, 4.69) is 4.99 Å². The van der Waals surface area contributed by atoms with E-state index in [0.717, 1.165) is 6.07 Å². The molecule has 86 valence electrons. The molecule has 1 aliphatic heterocycles. The first-order valence-electron chi connectivity index (χ1n) is 4.60. The monoisotopic (exact) mass is 230 g/mol. The SMILES string of the molecule is NC1=N[C@H](c2ccccc2C(F)(F)F)CO1. The highest BCUT2D eigenvalue weighted by Gasteiger charge is 2.36. The Hall–Kier alpha value is -1.72. The summed E-state index contributed by atoms with van der Waals surface area (Å²) in [6.45, 7) is 0.0545. The van der Waals surface area contributed by atoms with Crippen molar-refractivity contribution < 1.29 is 17.9 Å². The lowest BCUT2D eigenvalue weighted by Gasteiger charge is -2.14. The summed E-state index contributed by atoms with van der Waals surface area (Å²) in [6.07, 6.45) is -4.39. The Bertz CT molecular complexity index is 428. The maximum Gasteiger partial charge on any atom is 0.416 e. The number of rotatable bonds is 1. The lowest BCUT2D eigenvalue weighted by Crippen LogP contribution is -2.12. The second-order valence-corrected chi connectivity index (χ2v) is 3.38. The highest BCUT2D eigenvalue weighted by atomic mass is 19.4. The van der Waals surface area contributed by atoms with Crippen molar-refractivity contribution in [3.05, 3.63) is 35.4 Å². The highest BCUT2D eigenvalue weighted by Crippen LogP contribution is 2.36.